The monoisotopic (exact) mass is 264 g/mol. The molecule has 0 spiro atoms. The zero-order chi connectivity index (χ0) is 13.1. The third kappa shape index (κ3) is 6.63. The van der Waals surface area contributed by atoms with E-state index in [4.69, 9.17) is 18.9 Å². The lowest BCUT2D eigenvalue weighted by Crippen LogP contribution is -2.31. The van der Waals surface area contributed by atoms with Crippen molar-refractivity contribution in [1.29, 1.82) is 0 Å². The zero-order valence-electron chi connectivity index (χ0n) is 10.8. The Balaban J connectivity index is 2.36. The second-order valence-electron chi connectivity index (χ2n) is 4.26. The van der Waals surface area contributed by atoms with Gasteiger partial charge in [-0.3, -0.25) is 0 Å². The molecule has 18 heavy (non-hydrogen) atoms. The van der Waals surface area contributed by atoms with Crippen molar-refractivity contribution in [3.05, 3.63) is 0 Å². The van der Waals surface area contributed by atoms with E-state index in [0.717, 1.165) is 0 Å². The van der Waals surface area contributed by atoms with Gasteiger partial charge in [-0.05, 0) is 0 Å². The van der Waals surface area contributed by atoms with E-state index in [0.29, 0.717) is 52.9 Å². The molecule has 0 amide bonds. The molecular weight excluding hydrogens is 240 g/mol. The molecule has 1 aliphatic heterocycles. The molecule has 6 nitrogen and oxygen atoms in total. The van der Waals surface area contributed by atoms with E-state index < -0.39 is 0 Å². The van der Waals surface area contributed by atoms with Crippen LogP contribution in [-0.4, -0.2) is 76.3 Å². The Hall–Kier alpha value is -0.240. The van der Waals surface area contributed by atoms with Gasteiger partial charge in [-0.1, -0.05) is 0 Å². The van der Waals surface area contributed by atoms with Crippen molar-refractivity contribution in [1.82, 2.24) is 0 Å². The van der Waals surface area contributed by atoms with E-state index in [1.165, 1.54) is 0 Å². The van der Waals surface area contributed by atoms with Crippen LogP contribution in [0.3, 0.4) is 0 Å². The predicted molar refractivity (Wildman–Crippen MR) is 64.4 cm³/mol. The van der Waals surface area contributed by atoms with Crippen LogP contribution in [0.1, 0.15) is 0 Å². The van der Waals surface area contributed by atoms with Crippen LogP contribution in [-0.2, 0) is 18.9 Å². The molecule has 1 fully saturated rings. The first kappa shape index (κ1) is 15.8. The van der Waals surface area contributed by atoms with Crippen molar-refractivity contribution in [3.63, 3.8) is 0 Å². The number of rotatable bonds is 2. The Kier molecular flexibility index (Phi) is 9.37. The number of aliphatic hydroxyl groups is 2. The van der Waals surface area contributed by atoms with E-state index in [1.54, 1.807) is 0 Å². The summed E-state index contributed by atoms with van der Waals surface area (Å²) in [6.45, 7) is 3.86. The van der Waals surface area contributed by atoms with E-state index in [1.807, 2.05) is 0 Å². The lowest BCUT2D eigenvalue weighted by molar-refractivity contribution is -0.0485. The molecule has 6 heteroatoms. The molecule has 1 heterocycles. The maximum Gasteiger partial charge on any atom is 0.0701 e. The van der Waals surface area contributed by atoms with Crippen molar-refractivity contribution >= 4 is 0 Å². The molecule has 0 radical (unpaired) electrons. The second kappa shape index (κ2) is 10.7. The topological polar surface area (TPSA) is 77.4 Å². The Bertz CT molecular complexity index is 169. The molecule has 2 unspecified atom stereocenters. The number of aliphatic hydroxyl groups excluding tert-OH is 2. The molecule has 0 aromatic heterocycles. The van der Waals surface area contributed by atoms with Crippen molar-refractivity contribution in [2.24, 2.45) is 11.8 Å². The standard InChI is InChI=1S/C12H24O6/c13-7-11-9-17-5-3-15-1-2-16-4-6-18-10-12(11)8-14/h11-14H,1-10H2. The van der Waals surface area contributed by atoms with Crippen LogP contribution >= 0.6 is 0 Å². The van der Waals surface area contributed by atoms with E-state index >= 15 is 0 Å². The second-order valence-corrected chi connectivity index (χ2v) is 4.26. The smallest absolute Gasteiger partial charge is 0.0701 e. The van der Waals surface area contributed by atoms with Gasteiger partial charge in [0, 0.05) is 25.0 Å². The maximum absolute atomic E-state index is 9.30. The Morgan fingerprint density at radius 2 is 0.944 bits per heavy atom. The molecule has 0 aliphatic carbocycles. The molecule has 2 N–H and O–H groups in total. The van der Waals surface area contributed by atoms with E-state index in [-0.39, 0.29) is 25.0 Å². The average Bonchev–Trinajstić information content (AvgIpc) is 2.40. The molecular formula is C12H24O6. The van der Waals surface area contributed by atoms with Crippen LogP contribution in [0, 0.1) is 11.8 Å². The Labute approximate surface area is 108 Å². The van der Waals surface area contributed by atoms with Gasteiger partial charge in [0.15, 0.2) is 0 Å². The summed E-state index contributed by atoms with van der Waals surface area (Å²) in [6.07, 6.45) is 0. The first-order valence-electron chi connectivity index (χ1n) is 6.41. The molecule has 0 bridgehead atoms. The van der Waals surface area contributed by atoms with Gasteiger partial charge in [0.05, 0.1) is 52.9 Å². The largest absolute Gasteiger partial charge is 0.396 e. The summed E-state index contributed by atoms with van der Waals surface area (Å²) in [5.41, 5.74) is 0. The SMILES string of the molecule is OCC1COCCOCCOCCOCC1CO. The van der Waals surface area contributed by atoms with Crippen molar-refractivity contribution in [2.45, 2.75) is 0 Å². The highest BCUT2D eigenvalue weighted by Crippen LogP contribution is 2.12. The highest BCUT2D eigenvalue weighted by molar-refractivity contribution is 4.68. The normalized spacial score (nSPS) is 29.7. The molecule has 0 saturated carbocycles. The molecule has 0 aromatic rings. The molecule has 0 aromatic carbocycles. The number of hydrogen-bond acceptors (Lipinski definition) is 6. The third-order valence-corrected chi connectivity index (χ3v) is 2.92. The summed E-state index contributed by atoms with van der Waals surface area (Å²) in [5, 5.41) is 18.6. The molecule has 108 valence electrons. The minimum absolute atomic E-state index is 0.0219. The highest BCUT2D eigenvalue weighted by atomic mass is 16.6. The summed E-state index contributed by atoms with van der Waals surface area (Å²) in [4.78, 5) is 0. The zero-order valence-corrected chi connectivity index (χ0v) is 10.8. The highest BCUT2D eigenvalue weighted by Gasteiger charge is 2.21. The van der Waals surface area contributed by atoms with Gasteiger partial charge in [-0.25, -0.2) is 0 Å². The van der Waals surface area contributed by atoms with Crippen LogP contribution in [0.25, 0.3) is 0 Å². The Morgan fingerprint density at radius 3 is 1.28 bits per heavy atom. The summed E-state index contributed by atoms with van der Waals surface area (Å²) in [5.74, 6) is -0.224. The van der Waals surface area contributed by atoms with Crippen LogP contribution in [0.15, 0.2) is 0 Å². The van der Waals surface area contributed by atoms with Gasteiger partial charge in [-0.15, -0.1) is 0 Å². The first-order valence-corrected chi connectivity index (χ1v) is 6.41. The predicted octanol–water partition coefficient (Wildman–Crippen LogP) is -0.717. The molecule has 1 saturated heterocycles. The Morgan fingerprint density at radius 1 is 0.611 bits per heavy atom. The fraction of sp³-hybridized carbons (Fsp3) is 1.00. The van der Waals surface area contributed by atoms with Crippen LogP contribution < -0.4 is 0 Å². The minimum atomic E-state index is -0.112. The summed E-state index contributed by atoms with van der Waals surface area (Å²) >= 11 is 0. The van der Waals surface area contributed by atoms with Gasteiger partial charge in [0.1, 0.15) is 0 Å². The lowest BCUT2D eigenvalue weighted by Gasteiger charge is -2.24. The lowest BCUT2D eigenvalue weighted by atomic mass is 9.95. The molecule has 2 atom stereocenters. The quantitative estimate of drug-likeness (QED) is 0.685. The fourth-order valence-electron chi connectivity index (χ4n) is 1.70. The van der Waals surface area contributed by atoms with Crippen molar-refractivity contribution < 1.29 is 29.2 Å². The summed E-state index contributed by atoms with van der Waals surface area (Å²) in [6, 6.07) is 0. The molecule has 1 rings (SSSR count). The fourth-order valence-corrected chi connectivity index (χ4v) is 1.70. The van der Waals surface area contributed by atoms with Gasteiger partial charge in [0.2, 0.25) is 0 Å². The average molecular weight is 264 g/mol. The number of hydrogen-bond donors (Lipinski definition) is 2. The minimum Gasteiger partial charge on any atom is -0.396 e. The van der Waals surface area contributed by atoms with E-state index in [2.05, 4.69) is 0 Å². The van der Waals surface area contributed by atoms with Crippen LogP contribution in [0.2, 0.25) is 0 Å². The van der Waals surface area contributed by atoms with Gasteiger partial charge >= 0.3 is 0 Å². The van der Waals surface area contributed by atoms with Crippen molar-refractivity contribution in [3.8, 4) is 0 Å². The third-order valence-electron chi connectivity index (χ3n) is 2.92. The number of ether oxygens (including phenoxy) is 4. The summed E-state index contributed by atoms with van der Waals surface area (Å²) < 4.78 is 21.4. The van der Waals surface area contributed by atoms with Crippen LogP contribution in [0.4, 0.5) is 0 Å². The van der Waals surface area contributed by atoms with E-state index in [9.17, 15) is 10.2 Å². The van der Waals surface area contributed by atoms with Gasteiger partial charge < -0.3 is 29.2 Å². The van der Waals surface area contributed by atoms with Gasteiger partial charge in [-0.2, -0.15) is 0 Å². The van der Waals surface area contributed by atoms with Gasteiger partial charge in [0.25, 0.3) is 0 Å². The first-order chi connectivity index (χ1) is 8.88. The van der Waals surface area contributed by atoms with Crippen LogP contribution in [0.5, 0.6) is 0 Å². The summed E-state index contributed by atoms with van der Waals surface area (Å²) in [7, 11) is 0. The maximum atomic E-state index is 9.30. The molecule has 1 aliphatic rings. The van der Waals surface area contributed by atoms with Crippen molar-refractivity contribution in [2.75, 3.05) is 66.1 Å².